The first kappa shape index (κ1) is 22.2. The van der Waals surface area contributed by atoms with E-state index in [0.29, 0.717) is 23.7 Å². The van der Waals surface area contributed by atoms with Crippen molar-refractivity contribution in [3.8, 4) is 0 Å². The summed E-state index contributed by atoms with van der Waals surface area (Å²) < 4.78 is 12.4. The van der Waals surface area contributed by atoms with E-state index >= 15 is 0 Å². The monoisotopic (exact) mass is 368 g/mol. The van der Waals surface area contributed by atoms with Crippen molar-refractivity contribution in [1.29, 1.82) is 0 Å². The van der Waals surface area contributed by atoms with E-state index in [1.54, 1.807) is 0 Å². The van der Waals surface area contributed by atoms with Gasteiger partial charge in [0, 0.05) is 11.8 Å². The minimum atomic E-state index is -0.239. The molecule has 3 heteroatoms. The lowest BCUT2D eigenvalue weighted by molar-refractivity contribution is -0.243. The Morgan fingerprint density at radius 1 is 0.846 bits per heavy atom. The summed E-state index contributed by atoms with van der Waals surface area (Å²) in [6.07, 6.45) is 6.76. The highest BCUT2D eigenvalue weighted by molar-refractivity contribution is 4.96. The van der Waals surface area contributed by atoms with E-state index in [-0.39, 0.29) is 23.2 Å². The van der Waals surface area contributed by atoms with Gasteiger partial charge in [0.2, 0.25) is 0 Å². The van der Waals surface area contributed by atoms with E-state index in [2.05, 4.69) is 48.5 Å². The van der Waals surface area contributed by atoms with E-state index in [4.69, 9.17) is 9.47 Å². The second-order valence-electron chi connectivity index (χ2n) is 11.1. The summed E-state index contributed by atoms with van der Waals surface area (Å²) in [7, 11) is 0. The summed E-state index contributed by atoms with van der Waals surface area (Å²) in [5.74, 6) is 1.53. The third-order valence-electron chi connectivity index (χ3n) is 6.76. The molecule has 2 unspecified atom stereocenters. The third-order valence-corrected chi connectivity index (χ3v) is 6.76. The lowest BCUT2D eigenvalue weighted by Gasteiger charge is -2.51. The van der Waals surface area contributed by atoms with E-state index in [1.165, 1.54) is 25.7 Å². The highest BCUT2D eigenvalue weighted by Gasteiger charge is 2.48. The molecule has 2 fully saturated rings. The van der Waals surface area contributed by atoms with Gasteiger partial charge in [-0.2, -0.15) is 0 Å². The Balaban J connectivity index is 2.00. The van der Waals surface area contributed by atoms with Crippen LogP contribution in [-0.4, -0.2) is 30.7 Å². The average Bonchev–Trinajstić information content (AvgIpc) is 2.54. The predicted molar refractivity (Wildman–Crippen MR) is 108 cm³/mol. The predicted octanol–water partition coefficient (Wildman–Crippen LogP) is 5.65. The fourth-order valence-electron chi connectivity index (χ4n) is 4.94. The van der Waals surface area contributed by atoms with Gasteiger partial charge in [0.1, 0.15) is 0 Å². The summed E-state index contributed by atoms with van der Waals surface area (Å²) in [6, 6.07) is 0. The standard InChI is InChI=1S/C23H44O3/c1-8-9-10-11-16-14-25-21(26-15-16)17-12-18(22(2,3)4)20(24)19(13-17)23(5,6)7/h16-21,24H,8-15H2,1-7H3. The van der Waals surface area contributed by atoms with Gasteiger partial charge in [0.15, 0.2) is 6.29 Å². The largest absolute Gasteiger partial charge is 0.393 e. The van der Waals surface area contributed by atoms with Gasteiger partial charge in [0.25, 0.3) is 0 Å². The fourth-order valence-corrected chi connectivity index (χ4v) is 4.94. The molecule has 0 bridgehead atoms. The van der Waals surface area contributed by atoms with Crippen molar-refractivity contribution in [3.05, 3.63) is 0 Å². The maximum absolute atomic E-state index is 11.1. The van der Waals surface area contributed by atoms with E-state index in [1.807, 2.05) is 0 Å². The quantitative estimate of drug-likeness (QED) is 0.637. The zero-order valence-corrected chi connectivity index (χ0v) is 18.4. The van der Waals surface area contributed by atoms with Gasteiger partial charge in [-0.05, 0) is 41.9 Å². The number of hydrogen-bond acceptors (Lipinski definition) is 3. The van der Waals surface area contributed by atoms with Crippen LogP contribution in [0.4, 0.5) is 0 Å². The summed E-state index contributed by atoms with van der Waals surface area (Å²) in [4.78, 5) is 0. The zero-order valence-electron chi connectivity index (χ0n) is 18.4. The van der Waals surface area contributed by atoms with Crippen molar-refractivity contribution >= 4 is 0 Å². The van der Waals surface area contributed by atoms with Crippen LogP contribution in [0, 0.1) is 34.5 Å². The zero-order chi connectivity index (χ0) is 19.5. The second kappa shape index (κ2) is 8.92. The number of aliphatic hydroxyl groups excluding tert-OH is 1. The van der Waals surface area contributed by atoms with Gasteiger partial charge in [-0.1, -0.05) is 67.7 Å². The van der Waals surface area contributed by atoms with Gasteiger partial charge in [-0.15, -0.1) is 0 Å². The number of aliphatic hydroxyl groups is 1. The highest BCUT2D eigenvalue weighted by atomic mass is 16.7. The number of unbranched alkanes of at least 4 members (excludes halogenated alkanes) is 2. The van der Waals surface area contributed by atoms with Gasteiger partial charge in [-0.25, -0.2) is 0 Å². The van der Waals surface area contributed by atoms with E-state index < -0.39 is 0 Å². The van der Waals surface area contributed by atoms with Crippen LogP contribution in [0.25, 0.3) is 0 Å². The molecule has 0 spiro atoms. The molecule has 2 rings (SSSR count). The van der Waals surface area contributed by atoms with Crippen molar-refractivity contribution in [2.45, 2.75) is 99.4 Å². The lowest BCUT2D eigenvalue weighted by atomic mass is 9.58. The smallest absolute Gasteiger partial charge is 0.160 e. The molecule has 2 aliphatic rings. The molecule has 0 amide bonds. The van der Waals surface area contributed by atoms with Crippen LogP contribution in [0.1, 0.15) is 87.0 Å². The van der Waals surface area contributed by atoms with Crippen LogP contribution in [0.5, 0.6) is 0 Å². The van der Waals surface area contributed by atoms with Gasteiger partial charge < -0.3 is 14.6 Å². The lowest BCUT2D eigenvalue weighted by Crippen LogP contribution is -2.51. The minimum absolute atomic E-state index is 0.0837. The topological polar surface area (TPSA) is 38.7 Å². The molecule has 2 atom stereocenters. The van der Waals surface area contributed by atoms with Gasteiger partial charge in [0.05, 0.1) is 19.3 Å². The molecule has 1 heterocycles. The summed E-state index contributed by atoms with van der Waals surface area (Å²) in [6.45, 7) is 17.5. The van der Waals surface area contributed by atoms with E-state index in [9.17, 15) is 5.11 Å². The first-order valence-electron chi connectivity index (χ1n) is 10.9. The Morgan fingerprint density at radius 2 is 1.35 bits per heavy atom. The maximum Gasteiger partial charge on any atom is 0.160 e. The molecule has 0 aromatic rings. The van der Waals surface area contributed by atoms with Crippen LogP contribution < -0.4 is 0 Å². The normalized spacial score (nSPS) is 36.9. The van der Waals surface area contributed by atoms with Crippen molar-refractivity contribution < 1.29 is 14.6 Å². The second-order valence-corrected chi connectivity index (χ2v) is 11.1. The number of ether oxygens (including phenoxy) is 2. The molecule has 1 aliphatic heterocycles. The average molecular weight is 369 g/mol. The summed E-state index contributed by atoms with van der Waals surface area (Å²) >= 11 is 0. The van der Waals surface area contributed by atoms with Crippen molar-refractivity contribution in [1.82, 2.24) is 0 Å². The molecule has 1 saturated carbocycles. The summed E-state index contributed by atoms with van der Waals surface area (Å²) in [5, 5.41) is 11.1. The van der Waals surface area contributed by atoms with Crippen LogP contribution >= 0.6 is 0 Å². The van der Waals surface area contributed by atoms with E-state index in [0.717, 1.165) is 26.1 Å². The number of rotatable bonds is 5. The molecule has 0 aromatic carbocycles. The fraction of sp³-hybridized carbons (Fsp3) is 1.00. The third kappa shape index (κ3) is 5.69. The first-order chi connectivity index (χ1) is 12.0. The Morgan fingerprint density at radius 3 is 1.77 bits per heavy atom. The van der Waals surface area contributed by atoms with Gasteiger partial charge >= 0.3 is 0 Å². The summed E-state index contributed by atoms with van der Waals surface area (Å²) in [5.41, 5.74) is 0.192. The minimum Gasteiger partial charge on any atom is -0.393 e. The molecule has 1 aliphatic carbocycles. The van der Waals surface area contributed by atoms with Crippen LogP contribution in [0.15, 0.2) is 0 Å². The Hall–Kier alpha value is -0.120. The Labute approximate surface area is 162 Å². The Kier molecular flexibility index (Phi) is 7.61. The van der Waals surface area contributed by atoms with Crippen molar-refractivity contribution in [3.63, 3.8) is 0 Å². The maximum atomic E-state index is 11.1. The SMILES string of the molecule is CCCCCC1COC(C2CC(C(C)(C)C)C(O)C(C(C)(C)C)C2)OC1. The molecular weight excluding hydrogens is 324 g/mol. The van der Waals surface area contributed by atoms with Crippen LogP contribution in [-0.2, 0) is 9.47 Å². The molecule has 3 nitrogen and oxygen atoms in total. The molecule has 1 saturated heterocycles. The molecule has 1 N–H and O–H groups in total. The highest BCUT2D eigenvalue weighted by Crippen LogP contribution is 2.49. The van der Waals surface area contributed by atoms with Gasteiger partial charge in [-0.3, -0.25) is 0 Å². The molecular formula is C23H44O3. The molecule has 0 radical (unpaired) electrons. The Bertz CT molecular complexity index is 388. The molecule has 154 valence electrons. The molecule has 0 aromatic heterocycles. The van der Waals surface area contributed by atoms with Crippen molar-refractivity contribution in [2.75, 3.05) is 13.2 Å². The first-order valence-corrected chi connectivity index (χ1v) is 10.9. The van der Waals surface area contributed by atoms with Crippen molar-refractivity contribution in [2.24, 2.45) is 34.5 Å². The molecule has 26 heavy (non-hydrogen) atoms. The van der Waals surface area contributed by atoms with Crippen LogP contribution in [0.3, 0.4) is 0 Å². The number of hydrogen-bond donors (Lipinski definition) is 1. The van der Waals surface area contributed by atoms with Crippen LogP contribution in [0.2, 0.25) is 0 Å².